The minimum Gasteiger partial charge on any atom is -0.326 e. The van der Waals surface area contributed by atoms with Gasteiger partial charge in [0.15, 0.2) is 0 Å². The smallest absolute Gasteiger partial charge is 0.229 e. The molecule has 0 saturated carbocycles. The molecule has 0 fully saturated rings. The van der Waals surface area contributed by atoms with E-state index in [9.17, 15) is 4.79 Å². The molecule has 0 heterocycles. The monoisotopic (exact) mass is 234 g/mol. The molecule has 1 aromatic carbocycles. The summed E-state index contributed by atoms with van der Waals surface area (Å²) in [4.78, 5) is 14.0. The number of hydrogen-bond donors (Lipinski definition) is 1. The second-order valence-electron chi connectivity index (χ2n) is 4.83. The molecule has 1 amide bonds. The van der Waals surface area contributed by atoms with Crippen LogP contribution in [0.2, 0.25) is 0 Å². The summed E-state index contributed by atoms with van der Waals surface area (Å²) in [5.74, 6) is 0.159. The summed E-state index contributed by atoms with van der Waals surface area (Å²) in [6, 6.07) is 8.02. The van der Waals surface area contributed by atoms with Gasteiger partial charge in [0, 0.05) is 24.2 Å². The van der Waals surface area contributed by atoms with Crippen molar-refractivity contribution < 1.29 is 4.79 Å². The quantitative estimate of drug-likeness (QED) is 0.870. The molecular formula is C14H22N2O. The second-order valence-corrected chi connectivity index (χ2v) is 4.83. The Kier molecular flexibility index (Phi) is 4.70. The number of amides is 1. The Labute approximate surface area is 104 Å². The summed E-state index contributed by atoms with van der Waals surface area (Å²) in [5, 5.41) is 0. The molecule has 0 aliphatic heterocycles. The third kappa shape index (κ3) is 3.30. The number of carbonyl (C=O) groups excluding carboxylic acids is 1. The average molecular weight is 234 g/mol. The lowest BCUT2D eigenvalue weighted by atomic mass is 10.1. The normalized spacial score (nSPS) is 11.0. The molecule has 0 radical (unpaired) electrons. The number of carbonyl (C=O) groups is 1. The molecule has 3 heteroatoms. The van der Waals surface area contributed by atoms with Crippen molar-refractivity contribution >= 4 is 11.6 Å². The number of nitrogens with zero attached hydrogens (tertiary/aromatic N) is 1. The minimum absolute atomic E-state index is 0.00610. The first-order valence-electron chi connectivity index (χ1n) is 6.09. The van der Waals surface area contributed by atoms with Crippen molar-refractivity contribution in [3.05, 3.63) is 29.8 Å². The molecule has 0 bridgehead atoms. The van der Waals surface area contributed by atoms with E-state index in [1.165, 1.54) is 0 Å². The van der Waals surface area contributed by atoms with Gasteiger partial charge < -0.3 is 10.6 Å². The highest BCUT2D eigenvalue weighted by atomic mass is 16.2. The third-order valence-corrected chi connectivity index (χ3v) is 2.70. The van der Waals surface area contributed by atoms with Crippen molar-refractivity contribution in [2.75, 3.05) is 4.90 Å². The van der Waals surface area contributed by atoms with E-state index in [4.69, 9.17) is 5.73 Å². The van der Waals surface area contributed by atoms with E-state index in [0.717, 1.165) is 11.3 Å². The molecule has 94 valence electrons. The van der Waals surface area contributed by atoms with Crippen molar-refractivity contribution in [1.29, 1.82) is 0 Å². The van der Waals surface area contributed by atoms with Crippen LogP contribution in [0, 0.1) is 5.92 Å². The summed E-state index contributed by atoms with van der Waals surface area (Å²) < 4.78 is 0. The van der Waals surface area contributed by atoms with Crippen LogP contribution in [-0.2, 0) is 11.3 Å². The van der Waals surface area contributed by atoms with Crippen LogP contribution < -0.4 is 10.6 Å². The molecule has 0 unspecified atom stereocenters. The van der Waals surface area contributed by atoms with E-state index in [1.807, 2.05) is 56.9 Å². The zero-order chi connectivity index (χ0) is 13.0. The van der Waals surface area contributed by atoms with Crippen molar-refractivity contribution in [3.63, 3.8) is 0 Å². The van der Waals surface area contributed by atoms with Crippen LogP contribution in [0.1, 0.15) is 33.3 Å². The lowest BCUT2D eigenvalue weighted by Crippen LogP contribution is -2.39. The van der Waals surface area contributed by atoms with E-state index in [0.29, 0.717) is 6.54 Å². The fraction of sp³-hybridized carbons (Fsp3) is 0.500. The van der Waals surface area contributed by atoms with Crippen LogP contribution in [-0.4, -0.2) is 11.9 Å². The Morgan fingerprint density at radius 2 is 1.71 bits per heavy atom. The summed E-state index contributed by atoms with van der Waals surface area (Å²) in [6.07, 6.45) is 0. The maximum atomic E-state index is 12.1. The van der Waals surface area contributed by atoms with E-state index in [-0.39, 0.29) is 17.9 Å². The number of hydrogen-bond acceptors (Lipinski definition) is 2. The predicted octanol–water partition coefficient (Wildman–Crippen LogP) is 2.54. The SMILES string of the molecule is CC(C)C(=O)N(c1ccc(CN)cc1)C(C)C. The van der Waals surface area contributed by atoms with E-state index >= 15 is 0 Å². The first-order chi connectivity index (χ1) is 7.97. The standard InChI is InChI=1S/C14H22N2O/c1-10(2)14(17)16(11(3)4)13-7-5-12(9-15)6-8-13/h5-8,10-11H,9,15H2,1-4H3. The van der Waals surface area contributed by atoms with Crippen molar-refractivity contribution in [2.45, 2.75) is 40.3 Å². The molecule has 0 spiro atoms. The topological polar surface area (TPSA) is 46.3 Å². The van der Waals surface area contributed by atoms with Gasteiger partial charge in [-0.05, 0) is 31.5 Å². The fourth-order valence-corrected chi connectivity index (χ4v) is 1.75. The lowest BCUT2D eigenvalue weighted by molar-refractivity contribution is -0.121. The Bertz CT molecular complexity index is 368. The molecular weight excluding hydrogens is 212 g/mol. The number of rotatable bonds is 4. The van der Waals surface area contributed by atoms with Crippen LogP contribution in [0.25, 0.3) is 0 Å². The van der Waals surface area contributed by atoms with Gasteiger partial charge in [-0.25, -0.2) is 0 Å². The van der Waals surface area contributed by atoms with Gasteiger partial charge in [0.05, 0.1) is 0 Å². The predicted molar refractivity (Wildman–Crippen MR) is 71.8 cm³/mol. The van der Waals surface area contributed by atoms with Gasteiger partial charge in [0.2, 0.25) is 5.91 Å². The minimum atomic E-state index is 0.00610. The molecule has 0 aromatic heterocycles. The highest BCUT2D eigenvalue weighted by molar-refractivity contribution is 5.95. The highest BCUT2D eigenvalue weighted by Gasteiger charge is 2.21. The van der Waals surface area contributed by atoms with Crippen LogP contribution >= 0.6 is 0 Å². The summed E-state index contributed by atoms with van der Waals surface area (Å²) in [7, 11) is 0. The molecule has 1 rings (SSSR count). The molecule has 1 aromatic rings. The molecule has 17 heavy (non-hydrogen) atoms. The summed E-state index contributed by atoms with van der Waals surface area (Å²) >= 11 is 0. The van der Waals surface area contributed by atoms with E-state index in [2.05, 4.69) is 0 Å². The summed E-state index contributed by atoms with van der Waals surface area (Å²) in [6.45, 7) is 8.42. The first kappa shape index (κ1) is 13.7. The van der Waals surface area contributed by atoms with Crippen molar-refractivity contribution in [2.24, 2.45) is 11.7 Å². The Morgan fingerprint density at radius 1 is 1.18 bits per heavy atom. The zero-order valence-electron chi connectivity index (χ0n) is 11.1. The molecule has 0 aliphatic carbocycles. The molecule has 0 saturated heterocycles. The second kappa shape index (κ2) is 5.82. The Hall–Kier alpha value is -1.35. The number of nitrogens with two attached hydrogens (primary N) is 1. The Morgan fingerprint density at radius 3 is 2.06 bits per heavy atom. The van der Waals surface area contributed by atoms with Gasteiger partial charge in [-0.1, -0.05) is 26.0 Å². The van der Waals surface area contributed by atoms with E-state index in [1.54, 1.807) is 0 Å². The summed E-state index contributed by atoms with van der Waals surface area (Å²) in [5.41, 5.74) is 7.58. The number of anilines is 1. The number of benzene rings is 1. The zero-order valence-corrected chi connectivity index (χ0v) is 11.1. The van der Waals surface area contributed by atoms with Gasteiger partial charge in [-0.2, -0.15) is 0 Å². The van der Waals surface area contributed by atoms with Gasteiger partial charge in [0.25, 0.3) is 0 Å². The first-order valence-corrected chi connectivity index (χ1v) is 6.09. The van der Waals surface area contributed by atoms with Crippen LogP contribution in [0.3, 0.4) is 0 Å². The van der Waals surface area contributed by atoms with Gasteiger partial charge in [-0.15, -0.1) is 0 Å². The molecule has 3 nitrogen and oxygen atoms in total. The van der Waals surface area contributed by atoms with Gasteiger partial charge in [0.1, 0.15) is 0 Å². The average Bonchev–Trinajstić information content (AvgIpc) is 2.29. The van der Waals surface area contributed by atoms with Crippen LogP contribution in [0.5, 0.6) is 0 Å². The van der Waals surface area contributed by atoms with Crippen LogP contribution in [0.15, 0.2) is 24.3 Å². The Balaban J connectivity index is 3.01. The maximum absolute atomic E-state index is 12.1. The van der Waals surface area contributed by atoms with Crippen molar-refractivity contribution in [3.8, 4) is 0 Å². The maximum Gasteiger partial charge on any atom is 0.229 e. The molecule has 0 aliphatic rings. The lowest BCUT2D eigenvalue weighted by Gasteiger charge is -2.28. The molecule has 0 atom stereocenters. The highest BCUT2D eigenvalue weighted by Crippen LogP contribution is 2.20. The molecule has 2 N–H and O–H groups in total. The van der Waals surface area contributed by atoms with Gasteiger partial charge >= 0.3 is 0 Å². The van der Waals surface area contributed by atoms with E-state index < -0.39 is 0 Å². The fourth-order valence-electron chi connectivity index (χ4n) is 1.75. The largest absolute Gasteiger partial charge is 0.326 e. The van der Waals surface area contributed by atoms with Crippen molar-refractivity contribution in [1.82, 2.24) is 0 Å². The van der Waals surface area contributed by atoms with Crippen LogP contribution in [0.4, 0.5) is 5.69 Å². The third-order valence-electron chi connectivity index (χ3n) is 2.70. The van der Waals surface area contributed by atoms with Gasteiger partial charge in [-0.3, -0.25) is 4.79 Å².